The second-order valence-electron chi connectivity index (χ2n) is 5.56. The molecule has 0 unspecified atom stereocenters. The van der Waals surface area contributed by atoms with Crippen LogP contribution in [0.25, 0.3) is 5.78 Å². The maximum Gasteiger partial charge on any atom is 0.453 e. The van der Waals surface area contributed by atoms with Gasteiger partial charge in [-0.25, -0.2) is 4.98 Å². The van der Waals surface area contributed by atoms with Crippen molar-refractivity contribution in [3.8, 4) is 0 Å². The van der Waals surface area contributed by atoms with Crippen molar-refractivity contribution >= 4 is 17.5 Å². The molecule has 124 valence electrons. The zero-order valence-electron chi connectivity index (χ0n) is 12.3. The summed E-state index contributed by atoms with van der Waals surface area (Å²) in [6.45, 7) is 2.70. The highest BCUT2D eigenvalue weighted by molar-refractivity contribution is 5.77. The van der Waals surface area contributed by atoms with E-state index >= 15 is 0 Å². The lowest BCUT2D eigenvalue weighted by molar-refractivity contribution is -0.144. The monoisotopic (exact) mass is 328 g/mol. The van der Waals surface area contributed by atoms with Crippen LogP contribution in [0.1, 0.15) is 24.4 Å². The van der Waals surface area contributed by atoms with Crippen LogP contribution >= 0.6 is 0 Å². The summed E-state index contributed by atoms with van der Waals surface area (Å²) >= 11 is 0. The Bertz CT molecular complexity index is 748. The number of carbonyl (C=O) groups excluding carboxylic acids is 1. The van der Waals surface area contributed by atoms with Gasteiger partial charge in [-0.2, -0.15) is 22.7 Å². The largest absolute Gasteiger partial charge is 0.453 e. The second kappa shape index (κ2) is 5.36. The van der Waals surface area contributed by atoms with Gasteiger partial charge < -0.3 is 10.6 Å². The number of aromatic nitrogens is 4. The van der Waals surface area contributed by atoms with Crippen LogP contribution in [-0.2, 0) is 11.0 Å². The normalized spacial score (nSPS) is 17.0. The minimum atomic E-state index is -4.63. The highest BCUT2D eigenvalue weighted by atomic mass is 19.4. The number of amides is 1. The fourth-order valence-electron chi connectivity index (χ4n) is 2.71. The molecule has 1 amide bonds. The number of rotatable bonds is 2. The third-order valence-corrected chi connectivity index (χ3v) is 3.90. The maximum atomic E-state index is 12.8. The quantitative estimate of drug-likeness (QED) is 0.893. The van der Waals surface area contributed by atoms with Gasteiger partial charge in [-0.1, -0.05) is 0 Å². The summed E-state index contributed by atoms with van der Waals surface area (Å²) in [5, 5.41) is 3.54. The molecule has 3 heterocycles. The number of piperidine rings is 1. The van der Waals surface area contributed by atoms with E-state index in [1.165, 1.54) is 0 Å². The van der Waals surface area contributed by atoms with Crippen molar-refractivity contribution in [2.45, 2.75) is 25.9 Å². The molecule has 0 aliphatic carbocycles. The number of nitrogens with zero attached hydrogens (tertiary/aromatic N) is 5. The van der Waals surface area contributed by atoms with E-state index in [1.807, 2.05) is 4.90 Å². The lowest BCUT2D eigenvalue weighted by atomic mass is 9.96. The molecule has 10 heteroatoms. The molecule has 0 bridgehead atoms. The number of nitrogens with two attached hydrogens (primary N) is 1. The molecular formula is C13H15F3N6O. The molecule has 0 radical (unpaired) electrons. The number of carbonyl (C=O) groups is 1. The molecule has 2 N–H and O–H groups in total. The fraction of sp³-hybridized carbons (Fsp3) is 0.538. The SMILES string of the molecule is Cc1cc(N2CCC(C(N)=O)CC2)n2nc(C(F)(F)F)nc2n1. The van der Waals surface area contributed by atoms with E-state index in [4.69, 9.17) is 5.73 Å². The van der Waals surface area contributed by atoms with Crippen LogP contribution in [-0.4, -0.2) is 38.6 Å². The molecule has 0 aromatic carbocycles. The van der Waals surface area contributed by atoms with Crippen molar-refractivity contribution < 1.29 is 18.0 Å². The first kappa shape index (κ1) is 15.5. The van der Waals surface area contributed by atoms with E-state index in [0.29, 0.717) is 37.4 Å². The van der Waals surface area contributed by atoms with Crippen LogP contribution in [0, 0.1) is 12.8 Å². The van der Waals surface area contributed by atoms with Gasteiger partial charge >= 0.3 is 6.18 Å². The summed E-state index contributed by atoms with van der Waals surface area (Å²) in [7, 11) is 0. The average molecular weight is 328 g/mol. The van der Waals surface area contributed by atoms with Gasteiger partial charge in [0.2, 0.25) is 5.91 Å². The van der Waals surface area contributed by atoms with Gasteiger partial charge in [0.15, 0.2) is 0 Å². The van der Waals surface area contributed by atoms with Crippen molar-refractivity contribution in [1.29, 1.82) is 0 Å². The Morgan fingerprint density at radius 3 is 2.52 bits per heavy atom. The third-order valence-electron chi connectivity index (χ3n) is 3.90. The zero-order chi connectivity index (χ0) is 16.8. The standard InChI is InChI=1S/C13H15F3N6O/c1-7-6-9(21-4-2-8(3-5-21)10(17)23)22-12(18-7)19-11(20-22)13(14,15)16/h6,8H,2-5H2,1H3,(H2,17,23). The molecule has 23 heavy (non-hydrogen) atoms. The van der Waals surface area contributed by atoms with Crippen molar-refractivity contribution in [2.24, 2.45) is 11.7 Å². The second-order valence-corrected chi connectivity index (χ2v) is 5.56. The number of alkyl halides is 3. The molecule has 1 aliphatic heterocycles. The Hall–Kier alpha value is -2.39. The molecule has 0 spiro atoms. The van der Waals surface area contributed by atoms with Crippen LogP contribution in [0.4, 0.5) is 19.0 Å². The molecule has 1 fully saturated rings. The van der Waals surface area contributed by atoms with E-state index in [0.717, 1.165) is 4.52 Å². The topological polar surface area (TPSA) is 89.4 Å². The lowest BCUT2D eigenvalue weighted by Crippen LogP contribution is -2.39. The Balaban J connectivity index is 1.97. The molecule has 0 saturated carbocycles. The van der Waals surface area contributed by atoms with Gasteiger partial charge in [0.25, 0.3) is 11.6 Å². The summed E-state index contributed by atoms with van der Waals surface area (Å²) in [5.74, 6) is -1.38. The van der Waals surface area contributed by atoms with Gasteiger partial charge in [0.1, 0.15) is 5.82 Å². The highest BCUT2D eigenvalue weighted by Gasteiger charge is 2.37. The Morgan fingerprint density at radius 1 is 1.30 bits per heavy atom. The van der Waals surface area contributed by atoms with Crippen LogP contribution in [0.5, 0.6) is 0 Å². The summed E-state index contributed by atoms with van der Waals surface area (Å²) in [6, 6.07) is 1.66. The molecule has 2 aromatic heterocycles. The van der Waals surface area contributed by atoms with E-state index in [1.54, 1.807) is 13.0 Å². The first-order valence-electron chi connectivity index (χ1n) is 7.11. The smallest absolute Gasteiger partial charge is 0.369 e. The minimum Gasteiger partial charge on any atom is -0.369 e. The van der Waals surface area contributed by atoms with Crippen LogP contribution < -0.4 is 10.6 Å². The number of primary amides is 1. The molecule has 2 aromatic rings. The molecule has 0 atom stereocenters. The summed E-state index contributed by atoms with van der Waals surface area (Å²) in [6.07, 6.45) is -3.52. The molecule has 1 saturated heterocycles. The van der Waals surface area contributed by atoms with Crippen molar-refractivity contribution in [3.63, 3.8) is 0 Å². The van der Waals surface area contributed by atoms with Crippen molar-refractivity contribution in [2.75, 3.05) is 18.0 Å². The molecule has 1 aliphatic rings. The predicted molar refractivity (Wildman–Crippen MR) is 74.7 cm³/mol. The average Bonchev–Trinajstić information content (AvgIpc) is 2.90. The van der Waals surface area contributed by atoms with Gasteiger partial charge in [0, 0.05) is 30.8 Å². The number of fused-ring (bicyclic) bond motifs is 1. The highest BCUT2D eigenvalue weighted by Crippen LogP contribution is 2.29. The van der Waals surface area contributed by atoms with E-state index in [9.17, 15) is 18.0 Å². The Morgan fingerprint density at radius 2 is 1.96 bits per heavy atom. The first-order valence-corrected chi connectivity index (χ1v) is 7.11. The third kappa shape index (κ3) is 2.92. The number of aryl methyl sites for hydroxylation is 1. The zero-order valence-corrected chi connectivity index (χ0v) is 12.3. The fourth-order valence-corrected chi connectivity index (χ4v) is 2.71. The number of hydrogen-bond acceptors (Lipinski definition) is 5. The van der Waals surface area contributed by atoms with Crippen LogP contribution in [0.3, 0.4) is 0 Å². The summed E-state index contributed by atoms with van der Waals surface area (Å²) < 4.78 is 39.5. The Labute approximate surface area is 129 Å². The van der Waals surface area contributed by atoms with Gasteiger partial charge in [0.05, 0.1) is 0 Å². The van der Waals surface area contributed by atoms with Crippen molar-refractivity contribution in [3.05, 3.63) is 17.6 Å². The van der Waals surface area contributed by atoms with E-state index in [2.05, 4.69) is 15.1 Å². The maximum absolute atomic E-state index is 12.8. The first-order chi connectivity index (χ1) is 10.8. The van der Waals surface area contributed by atoms with Gasteiger partial charge in [-0.15, -0.1) is 5.10 Å². The number of halogens is 3. The minimum absolute atomic E-state index is 0.0932. The molecule has 3 rings (SSSR count). The van der Waals surface area contributed by atoms with Gasteiger partial charge in [-0.05, 0) is 19.8 Å². The Kier molecular flexibility index (Phi) is 3.61. The van der Waals surface area contributed by atoms with Crippen molar-refractivity contribution in [1.82, 2.24) is 19.6 Å². The van der Waals surface area contributed by atoms with E-state index < -0.39 is 12.0 Å². The van der Waals surface area contributed by atoms with Gasteiger partial charge in [-0.3, -0.25) is 4.79 Å². The van der Waals surface area contributed by atoms with Crippen LogP contribution in [0.2, 0.25) is 0 Å². The lowest BCUT2D eigenvalue weighted by Gasteiger charge is -2.32. The number of hydrogen-bond donors (Lipinski definition) is 1. The predicted octanol–water partition coefficient (Wildman–Crippen LogP) is 1.15. The molecular weight excluding hydrogens is 313 g/mol. The van der Waals surface area contributed by atoms with Crippen LogP contribution in [0.15, 0.2) is 6.07 Å². The summed E-state index contributed by atoms with van der Waals surface area (Å²) in [5.41, 5.74) is 5.84. The summed E-state index contributed by atoms with van der Waals surface area (Å²) in [4.78, 5) is 20.5. The number of anilines is 1. The van der Waals surface area contributed by atoms with E-state index in [-0.39, 0.29) is 17.6 Å². The molecule has 7 nitrogen and oxygen atoms in total.